The highest BCUT2D eigenvalue weighted by atomic mass is 35.5. The second-order valence-electron chi connectivity index (χ2n) is 5.29. The maximum atomic E-state index is 11.0. The lowest BCUT2D eigenvalue weighted by atomic mass is 10.0. The van der Waals surface area contributed by atoms with Crippen molar-refractivity contribution in [3.8, 4) is 0 Å². The predicted octanol–water partition coefficient (Wildman–Crippen LogP) is 4.87. The van der Waals surface area contributed by atoms with Crippen LogP contribution in [0.5, 0.6) is 0 Å². The zero-order valence-corrected chi connectivity index (χ0v) is 12.4. The highest BCUT2D eigenvalue weighted by molar-refractivity contribution is 6.30. The van der Waals surface area contributed by atoms with Gasteiger partial charge in [0.05, 0.1) is 4.92 Å². The van der Waals surface area contributed by atoms with Crippen LogP contribution in [0.1, 0.15) is 40.0 Å². The Morgan fingerprint density at radius 1 is 1.32 bits per heavy atom. The van der Waals surface area contributed by atoms with E-state index < -0.39 is 4.92 Å². The number of hydrogen-bond donors (Lipinski definition) is 1. The topological polar surface area (TPSA) is 55.2 Å². The third-order valence-electron chi connectivity index (χ3n) is 2.98. The first-order valence-electron chi connectivity index (χ1n) is 6.60. The van der Waals surface area contributed by atoms with Crippen molar-refractivity contribution >= 4 is 23.0 Å². The number of nitro groups is 1. The van der Waals surface area contributed by atoms with Gasteiger partial charge in [-0.3, -0.25) is 10.1 Å². The van der Waals surface area contributed by atoms with Crippen LogP contribution in [0.2, 0.25) is 5.02 Å². The number of hydrogen-bond acceptors (Lipinski definition) is 3. The molecule has 0 spiro atoms. The van der Waals surface area contributed by atoms with Crippen molar-refractivity contribution in [1.82, 2.24) is 0 Å². The number of nitrogens with one attached hydrogen (secondary N) is 1. The molecule has 0 aliphatic rings. The quantitative estimate of drug-likeness (QED) is 0.574. The summed E-state index contributed by atoms with van der Waals surface area (Å²) in [4.78, 5) is 10.6. The molecule has 0 saturated heterocycles. The Bertz CT molecular complexity index is 435. The van der Waals surface area contributed by atoms with Crippen LogP contribution in [0.15, 0.2) is 18.2 Å². The van der Waals surface area contributed by atoms with Gasteiger partial charge in [-0.25, -0.2) is 0 Å². The van der Waals surface area contributed by atoms with Crippen molar-refractivity contribution in [1.29, 1.82) is 0 Å². The zero-order chi connectivity index (χ0) is 14.4. The molecule has 0 radical (unpaired) electrons. The molecule has 0 heterocycles. The van der Waals surface area contributed by atoms with Gasteiger partial charge >= 0.3 is 0 Å². The van der Waals surface area contributed by atoms with Crippen LogP contribution < -0.4 is 5.32 Å². The summed E-state index contributed by atoms with van der Waals surface area (Å²) in [5.74, 6) is 0.692. The molecule has 5 heteroatoms. The third-order valence-corrected chi connectivity index (χ3v) is 3.21. The lowest BCUT2D eigenvalue weighted by Crippen LogP contribution is -2.16. The fraction of sp³-hybridized carbons (Fsp3) is 0.571. The van der Waals surface area contributed by atoms with E-state index in [1.54, 1.807) is 12.1 Å². The molecule has 1 aromatic carbocycles. The van der Waals surface area contributed by atoms with E-state index >= 15 is 0 Å². The average molecular weight is 285 g/mol. The molecule has 19 heavy (non-hydrogen) atoms. The number of benzene rings is 1. The maximum absolute atomic E-state index is 11.0. The predicted molar refractivity (Wildman–Crippen MR) is 79.9 cm³/mol. The summed E-state index contributed by atoms with van der Waals surface area (Å²) in [6.45, 7) is 6.43. The van der Waals surface area contributed by atoms with E-state index in [9.17, 15) is 10.1 Å². The number of nitrogens with zero attached hydrogens (tertiary/aromatic N) is 1. The minimum atomic E-state index is -0.408. The smallest absolute Gasteiger partial charge is 0.293 e. The van der Waals surface area contributed by atoms with Crippen LogP contribution in [0.4, 0.5) is 11.4 Å². The van der Waals surface area contributed by atoms with Crippen molar-refractivity contribution in [2.24, 2.45) is 5.92 Å². The average Bonchev–Trinajstić information content (AvgIpc) is 2.30. The molecule has 1 aromatic rings. The highest BCUT2D eigenvalue weighted by Crippen LogP contribution is 2.28. The van der Waals surface area contributed by atoms with Gasteiger partial charge in [-0.2, -0.15) is 0 Å². The maximum Gasteiger partial charge on any atom is 0.293 e. The summed E-state index contributed by atoms with van der Waals surface area (Å²) >= 11 is 5.78. The summed E-state index contributed by atoms with van der Waals surface area (Å²) in [6.07, 6.45) is 3.29. The van der Waals surface area contributed by atoms with E-state index in [1.165, 1.54) is 12.5 Å². The molecule has 0 aliphatic heterocycles. The van der Waals surface area contributed by atoms with Gasteiger partial charge in [0.1, 0.15) is 5.69 Å². The van der Waals surface area contributed by atoms with Gasteiger partial charge in [-0.1, -0.05) is 38.3 Å². The van der Waals surface area contributed by atoms with Crippen LogP contribution in [0.25, 0.3) is 0 Å². The molecule has 0 aliphatic carbocycles. The fourth-order valence-electron chi connectivity index (χ4n) is 1.95. The van der Waals surface area contributed by atoms with Gasteiger partial charge in [0.2, 0.25) is 0 Å². The fourth-order valence-corrected chi connectivity index (χ4v) is 2.11. The lowest BCUT2D eigenvalue weighted by molar-refractivity contribution is -0.384. The first-order valence-corrected chi connectivity index (χ1v) is 6.98. The highest BCUT2D eigenvalue weighted by Gasteiger charge is 2.15. The molecule has 1 atom stereocenters. The number of halogens is 1. The van der Waals surface area contributed by atoms with E-state index in [0.717, 1.165) is 12.8 Å². The molecular weight excluding hydrogens is 264 g/mol. The van der Waals surface area contributed by atoms with Crippen LogP contribution in [-0.4, -0.2) is 11.0 Å². The van der Waals surface area contributed by atoms with Gasteiger partial charge in [-0.05, 0) is 31.4 Å². The molecule has 0 amide bonds. The van der Waals surface area contributed by atoms with Gasteiger partial charge in [-0.15, -0.1) is 0 Å². The van der Waals surface area contributed by atoms with Crippen LogP contribution in [0, 0.1) is 16.0 Å². The Morgan fingerprint density at radius 2 is 2.00 bits per heavy atom. The van der Waals surface area contributed by atoms with Crippen molar-refractivity contribution in [3.05, 3.63) is 33.3 Å². The van der Waals surface area contributed by atoms with E-state index in [0.29, 0.717) is 16.6 Å². The third kappa shape index (κ3) is 5.47. The molecule has 0 bridgehead atoms. The summed E-state index contributed by atoms with van der Waals surface area (Å²) < 4.78 is 0. The number of nitro benzene ring substituents is 1. The van der Waals surface area contributed by atoms with Gasteiger partial charge in [0, 0.05) is 17.1 Å². The number of anilines is 1. The molecule has 0 aromatic heterocycles. The molecular formula is C14H21ClN2O2. The van der Waals surface area contributed by atoms with E-state index in [2.05, 4.69) is 19.2 Å². The Balaban J connectivity index is 2.63. The molecule has 1 unspecified atom stereocenters. The first-order chi connectivity index (χ1) is 8.90. The van der Waals surface area contributed by atoms with Gasteiger partial charge < -0.3 is 5.32 Å². The zero-order valence-electron chi connectivity index (χ0n) is 11.6. The molecule has 1 N–H and O–H groups in total. The van der Waals surface area contributed by atoms with Crippen molar-refractivity contribution in [2.75, 3.05) is 5.32 Å². The van der Waals surface area contributed by atoms with Crippen LogP contribution in [-0.2, 0) is 0 Å². The van der Waals surface area contributed by atoms with Crippen LogP contribution in [0.3, 0.4) is 0 Å². The monoisotopic (exact) mass is 284 g/mol. The first kappa shape index (κ1) is 15.8. The van der Waals surface area contributed by atoms with Gasteiger partial charge in [0.15, 0.2) is 0 Å². The Morgan fingerprint density at radius 3 is 2.58 bits per heavy atom. The summed E-state index contributed by atoms with van der Waals surface area (Å²) in [5, 5.41) is 14.5. The normalized spacial score (nSPS) is 12.5. The molecule has 0 saturated carbocycles. The lowest BCUT2D eigenvalue weighted by Gasteiger charge is -2.16. The molecule has 1 rings (SSSR count). The van der Waals surface area contributed by atoms with Crippen molar-refractivity contribution in [2.45, 2.75) is 46.1 Å². The van der Waals surface area contributed by atoms with E-state index in [1.807, 2.05) is 6.92 Å². The van der Waals surface area contributed by atoms with Gasteiger partial charge in [0.25, 0.3) is 5.69 Å². The summed E-state index contributed by atoms with van der Waals surface area (Å²) in [7, 11) is 0. The Labute approximate surface area is 119 Å². The van der Waals surface area contributed by atoms with E-state index in [4.69, 9.17) is 11.6 Å². The second kappa shape index (κ2) is 7.34. The largest absolute Gasteiger partial charge is 0.377 e. The minimum absolute atomic E-state index is 0.0307. The number of rotatable bonds is 7. The van der Waals surface area contributed by atoms with Crippen LogP contribution >= 0.6 is 11.6 Å². The van der Waals surface area contributed by atoms with E-state index in [-0.39, 0.29) is 11.7 Å². The van der Waals surface area contributed by atoms with Crippen molar-refractivity contribution in [3.63, 3.8) is 0 Å². The SMILES string of the molecule is CC(C)CCCC(C)Nc1ccc(Cl)cc1[N+](=O)[O-]. The van der Waals surface area contributed by atoms with Crippen molar-refractivity contribution < 1.29 is 4.92 Å². The molecule has 0 fully saturated rings. The molecule has 106 valence electrons. The summed E-state index contributed by atoms with van der Waals surface area (Å²) in [5.41, 5.74) is 0.564. The second-order valence-corrected chi connectivity index (χ2v) is 5.73. The standard InChI is InChI=1S/C14H21ClN2O2/c1-10(2)5-4-6-11(3)16-13-8-7-12(15)9-14(13)17(18)19/h7-11,16H,4-6H2,1-3H3. The minimum Gasteiger partial charge on any atom is -0.377 e. The summed E-state index contributed by atoms with van der Waals surface area (Å²) in [6, 6.07) is 4.92. The Kier molecular flexibility index (Phi) is 6.09. The molecule has 4 nitrogen and oxygen atoms in total. The Hall–Kier alpha value is -1.29.